The van der Waals surface area contributed by atoms with Crippen LogP contribution in [0.1, 0.15) is 24.1 Å². The van der Waals surface area contributed by atoms with E-state index in [1.807, 2.05) is 48.0 Å². The maximum absolute atomic E-state index is 5.94. The second-order valence-electron chi connectivity index (χ2n) is 4.85. The third-order valence-corrected chi connectivity index (χ3v) is 4.11. The van der Waals surface area contributed by atoms with Crippen molar-refractivity contribution in [2.45, 2.75) is 19.9 Å². The van der Waals surface area contributed by atoms with E-state index < -0.39 is 0 Å². The van der Waals surface area contributed by atoms with Crippen LogP contribution in [-0.2, 0) is 0 Å². The number of halogens is 1. The minimum atomic E-state index is 0.0998. The van der Waals surface area contributed by atoms with Crippen LogP contribution in [0, 0.1) is 11.7 Å². The predicted molar refractivity (Wildman–Crippen MR) is 84.9 cm³/mol. The molecule has 0 aliphatic rings. The summed E-state index contributed by atoms with van der Waals surface area (Å²) in [5.41, 5.74) is 4.17. The number of hydrogen-bond donors (Lipinski definition) is 1. The van der Waals surface area contributed by atoms with Crippen molar-refractivity contribution in [1.82, 2.24) is 14.5 Å². The highest BCUT2D eigenvalue weighted by Crippen LogP contribution is 2.25. The van der Waals surface area contributed by atoms with Crippen molar-refractivity contribution in [1.29, 1.82) is 0 Å². The molecule has 0 spiro atoms. The van der Waals surface area contributed by atoms with E-state index in [4.69, 9.17) is 23.8 Å². The Morgan fingerprint density at radius 1 is 1.25 bits per heavy atom. The van der Waals surface area contributed by atoms with Crippen LogP contribution >= 0.6 is 23.8 Å². The molecule has 2 aromatic heterocycles. The molecule has 0 saturated carbocycles. The van der Waals surface area contributed by atoms with Crippen LogP contribution in [0.5, 0.6) is 0 Å². The van der Waals surface area contributed by atoms with Gasteiger partial charge in [0, 0.05) is 11.2 Å². The number of rotatable bonds is 2. The summed E-state index contributed by atoms with van der Waals surface area (Å²) in [6.45, 7) is 4.16. The van der Waals surface area contributed by atoms with Crippen LogP contribution in [-0.4, -0.2) is 14.5 Å². The highest BCUT2D eigenvalue weighted by molar-refractivity contribution is 7.71. The van der Waals surface area contributed by atoms with Crippen molar-refractivity contribution in [2.75, 3.05) is 0 Å². The number of nitrogens with one attached hydrogen (secondary N) is 1. The number of hydrogen-bond acceptors (Lipinski definition) is 2. The fraction of sp³-hybridized carbons (Fsp3) is 0.200. The van der Waals surface area contributed by atoms with Crippen LogP contribution in [0.2, 0.25) is 5.02 Å². The van der Waals surface area contributed by atoms with Crippen molar-refractivity contribution < 1.29 is 0 Å². The molecule has 0 aliphatic carbocycles. The Labute approximate surface area is 127 Å². The fourth-order valence-electron chi connectivity index (χ4n) is 2.39. The Balaban J connectivity index is 2.19. The lowest BCUT2D eigenvalue weighted by atomic mass is 10.1. The number of pyridine rings is 1. The van der Waals surface area contributed by atoms with E-state index in [-0.39, 0.29) is 6.04 Å². The minimum Gasteiger partial charge on any atom is -0.329 e. The lowest BCUT2D eigenvalue weighted by Gasteiger charge is -2.14. The first-order valence-corrected chi connectivity index (χ1v) is 7.18. The standard InChI is InChI=1S/C15H14ClN3S/c1-9-7-8-17-14-13(9)18-15(20)19(14)10(2)11-3-5-12(16)6-4-11/h3-8,10H,1-2H3,(H,18,20). The van der Waals surface area contributed by atoms with Crippen LogP contribution in [0.4, 0.5) is 0 Å². The van der Waals surface area contributed by atoms with Crippen LogP contribution in [0.3, 0.4) is 0 Å². The second-order valence-corrected chi connectivity index (χ2v) is 5.68. The maximum atomic E-state index is 5.94. The monoisotopic (exact) mass is 303 g/mol. The maximum Gasteiger partial charge on any atom is 0.179 e. The summed E-state index contributed by atoms with van der Waals surface area (Å²) in [6, 6.07) is 9.90. The number of benzene rings is 1. The molecule has 102 valence electrons. The summed E-state index contributed by atoms with van der Waals surface area (Å²) in [4.78, 5) is 7.71. The van der Waals surface area contributed by atoms with Gasteiger partial charge < -0.3 is 4.98 Å². The molecule has 3 nitrogen and oxygen atoms in total. The third-order valence-electron chi connectivity index (χ3n) is 3.56. The van der Waals surface area contributed by atoms with Crippen molar-refractivity contribution in [3.05, 3.63) is 57.4 Å². The van der Waals surface area contributed by atoms with Crippen LogP contribution < -0.4 is 0 Å². The SMILES string of the molecule is Cc1ccnc2c1[nH]c(=S)n2C(C)c1ccc(Cl)cc1. The number of aryl methyl sites for hydroxylation is 1. The molecule has 3 rings (SSSR count). The van der Waals surface area contributed by atoms with Gasteiger partial charge in [0.05, 0.1) is 11.6 Å². The number of aromatic amines is 1. The summed E-state index contributed by atoms with van der Waals surface area (Å²) in [7, 11) is 0. The fourth-order valence-corrected chi connectivity index (χ4v) is 2.87. The van der Waals surface area contributed by atoms with E-state index in [1.165, 1.54) is 0 Å². The van der Waals surface area contributed by atoms with E-state index >= 15 is 0 Å². The first-order valence-electron chi connectivity index (χ1n) is 6.39. The van der Waals surface area contributed by atoms with Gasteiger partial charge in [0.1, 0.15) is 0 Å². The first-order chi connectivity index (χ1) is 9.58. The molecular weight excluding hydrogens is 290 g/mol. The van der Waals surface area contributed by atoms with Gasteiger partial charge in [0.2, 0.25) is 0 Å². The lowest BCUT2D eigenvalue weighted by molar-refractivity contribution is 0.644. The summed E-state index contributed by atoms with van der Waals surface area (Å²) in [5, 5.41) is 0.734. The van der Waals surface area contributed by atoms with E-state index in [2.05, 4.69) is 16.9 Å². The average Bonchev–Trinajstić information content (AvgIpc) is 2.77. The van der Waals surface area contributed by atoms with E-state index in [9.17, 15) is 0 Å². The molecule has 2 heterocycles. The quantitative estimate of drug-likeness (QED) is 0.698. The third kappa shape index (κ3) is 2.15. The highest BCUT2D eigenvalue weighted by Gasteiger charge is 2.14. The molecule has 0 amide bonds. The zero-order chi connectivity index (χ0) is 14.3. The Kier molecular flexibility index (Phi) is 3.36. The van der Waals surface area contributed by atoms with E-state index in [1.54, 1.807) is 0 Å². The van der Waals surface area contributed by atoms with Gasteiger partial charge >= 0.3 is 0 Å². The second kappa shape index (κ2) is 5.04. The van der Waals surface area contributed by atoms with E-state index in [0.717, 1.165) is 27.3 Å². The van der Waals surface area contributed by atoms with Gasteiger partial charge in [-0.3, -0.25) is 4.57 Å². The largest absolute Gasteiger partial charge is 0.329 e. The van der Waals surface area contributed by atoms with Gasteiger partial charge in [-0.2, -0.15) is 0 Å². The molecule has 0 bridgehead atoms. The Morgan fingerprint density at radius 2 is 1.95 bits per heavy atom. The number of aromatic nitrogens is 3. The molecule has 1 N–H and O–H groups in total. The summed E-state index contributed by atoms with van der Waals surface area (Å²) in [5.74, 6) is 0. The summed E-state index contributed by atoms with van der Waals surface area (Å²) in [6.07, 6.45) is 1.81. The topological polar surface area (TPSA) is 33.6 Å². The molecule has 0 fully saturated rings. The Hall–Kier alpha value is -1.65. The summed E-state index contributed by atoms with van der Waals surface area (Å²) >= 11 is 11.4. The van der Waals surface area contributed by atoms with Gasteiger partial charge in [0.15, 0.2) is 10.4 Å². The average molecular weight is 304 g/mol. The zero-order valence-electron chi connectivity index (χ0n) is 11.2. The van der Waals surface area contributed by atoms with Crippen molar-refractivity contribution in [3.8, 4) is 0 Å². The van der Waals surface area contributed by atoms with Crippen molar-refractivity contribution in [3.63, 3.8) is 0 Å². The van der Waals surface area contributed by atoms with Crippen LogP contribution in [0.25, 0.3) is 11.2 Å². The van der Waals surface area contributed by atoms with Crippen molar-refractivity contribution in [2.24, 2.45) is 0 Å². The molecule has 0 aliphatic heterocycles. The molecule has 1 unspecified atom stereocenters. The molecule has 1 atom stereocenters. The molecule has 1 aromatic carbocycles. The van der Waals surface area contributed by atoms with Gasteiger partial charge in [-0.15, -0.1) is 0 Å². The number of nitrogens with zero attached hydrogens (tertiary/aromatic N) is 2. The predicted octanol–water partition coefficient (Wildman–Crippen LogP) is 4.67. The molecule has 20 heavy (non-hydrogen) atoms. The number of H-pyrrole nitrogens is 1. The lowest BCUT2D eigenvalue weighted by Crippen LogP contribution is -2.07. The minimum absolute atomic E-state index is 0.0998. The first kappa shape index (κ1) is 13.3. The number of imidazole rings is 1. The van der Waals surface area contributed by atoms with E-state index in [0.29, 0.717) is 4.77 Å². The Bertz CT molecular complexity index is 817. The van der Waals surface area contributed by atoms with Gasteiger partial charge in [-0.1, -0.05) is 23.7 Å². The Morgan fingerprint density at radius 3 is 2.65 bits per heavy atom. The normalized spacial score (nSPS) is 12.8. The van der Waals surface area contributed by atoms with Gasteiger partial charge in [-0.05, 0) is 55.4 Å². The zero-order valence-corrected chi connectivity index (χ0v) is 12.8. The molecular formula is C15H14ClN3S. The van der Waals surface area contributed by atoms with Gasteiger partial charge in [0.25, 0.3) is 0 Å². The molecule has 5 heteroatoms. The molecule has 0 radical (unpaired) electrons. The van der Waals surface area contributed by atoms with Gasteiger partial charge in [-0.25, -0.2) is 4.98 Å². The molecule has 0 saturated heterocycles. The number of fused-ring (bicyclic) bond motifs is 1. The highest BCUT2D eigenvalue weighted by atomic mass is 35.5. The van der Waals surface area contributed by atoms with Crippen molar-refractivity contribution >= 4 is 35.0 Å². The molecule has 3 aromatic rings. The smallest absolute Gasteiger partial charge is 0.179 e. The summed E-state index contributed by atoms with van der Waals surface area (Å²) < 4.78 is 2.73. The van der Waals surface area contributed by atoms with Crippen LogP contribution in [0.15, 0.2) is 36.5 Å².